The average Bonchev–Trinajstić information content (AvgIpc) is 3.28. The fourth-order valence-corrected chi connectivity index (χ4v) is 3.35. The normalized spacial score (nSPS) is 12.5. The van der Waals surface area contributed by atoms with Gasteiger partial charge in [-0.3, -0.25) is 0 Å². The van der Waals surface area contributed by atoms with Gasteiger partial charge in [-0.25, -0.2) is 29.7 Å². The second kappa shape index (κ2) is 8.58. The van der Waals surface area contributed by atoms with Gasteiger partial charge in [-0.1, -0.05) is 11.6 Å². The second-order valence-electron chi connectivity index (χ2n) is 6.72. The Morgan fingerprint density at radius 3 is 2.58 bits per heavy atom. The maximum atomic E-state index is 13.5. The van der Waals surface area contributed by atoms with E-state index in [9.17, 15) is 18.0 Å². The van der Waals surface area contributed by atoms with Crippen molar-refractivity contribution >= 4 is 34.3 Å². The Morgan fingerprint density at radius 2 is 1.85 bits per heavy atom. The van der Waals surface area contributed by atoms with E-state index in [1.54, 1.807) is 6.92 Å². The number of aromatic nitrogens is 7. The predicted octanol–water partition coefficient (Wildman–Crippen LogP) is 3.63. The van der Waals surface area contributed by atoms with Gasteiger partial charge in [-0.2, -0.15) is 23.0 Å². The van der Waals surface area contributed by atoms with Crippen molar-refractivity contribution in [3.8, 4) is 5.82 Å². The molecule has 0 unspecified atom stereocenters. The molecule has 0 saturated carbocycles. The standard InChI is InChI=1S/C19H14ClF3N8O2/c1-9(17-28-8-29-31(17)14-5-13(18(32)33-2)24-6-25-14)30-16-11-3-10(20)4-12(19(21,22)23)15(11)26-7-27-16/h3-9H,1-2H3,(H,26,27,30)/t9-/m0/s1. The lowest BCUT2D eigenvalue weighted by molar-refractivity contribution is -0.136. The number of nitrogens with zero attached hydrogens (tertiary/aromatic N) is 7. The lowest BCUT2D eigenvalue weighted by atomic mass is 10.1. The van der Waals surface area contributed by atoms with Crippen LogP contribution in [0, 0.1) is 0 Å². The number of carbonyl (C=O) groups excluding carboxylic acids is 1. The van der Waals surface area contributed by atoms with Crippen LogP contribution in [0.3, 0.4) is 0 Å². The molecule has 0 aliphatic heterocycles. The number of halogens is 4. The van der Waals surface area contributed by atoms with E-state index in [1.807, 2.05) is 0 Å². The zero-order chi connectivity index (χ0) is 23.8. The van der Waals surface area contributed by atoms with E-state index >= 15 is 0 Å². The minimum atomic E-state index is -4.65. The lowest BCUT2D eigenvalue weighted by Gasteiger charge is -2.17. The number of hydrogen-bond acceptors (Lipinski definition) is 9. The number of rotatable bonds is 5. The summed E-state index contributed by atoms with van der Waals surface area (Å²) in [7, 11) is 1.22. The molecule has 0 aliphatic carbocycles. The van der Waals surface area contributed by atoms with Crippen molar-refractivity contribution in [1.29, 1.82) is 0 Å². The summed E-state index contributed by atoms with van der Waals surface area (Å²) in [5.74, 6) is 0.0418. The first-order valence-corrected chi connectivity index (χ1v) is 9.65. The highest BCUT2D eigenvalue weighted by molar-refractivity contribution is 6.31. The van der Waals surface area contributed by atoms with Crippen LogP contribution in [0.2, 0.25) is 5.02 Å². The molecule has 170 valence electrons. The summed E-state index contributed by atoms with van der Waals surface area (Å²) in [6, 6.07) is 2.93. The molecule has 0 spiro atoms. The molecule has 0 aliphatic rings. The molecule has 1 N–H and O–H groups in total. The van der Waals surface area contributed by atoms with Gasteiger partial charge in [-0.05, 0) is 19.1 Å². The number of alkyl halides is 3. The summed E-state index contributed by atoms with van der Waals surface area (Å²) in [6.07, 6.45) is -1.18. The maximum absolute atomic E-state index is 13.5. The van der Waals surface area contributed by atoms with Crippen LogP contribution in [0.4, 0.5) is 19.0 Å². The van der Waals surface area contributed by atoms with E-state index in [0.717, 1.165) is 12.4 Å². The van der Waals surface area contributed by atoms with Crippen molar-refractivity contribution in [1.82, 2.24) is 34.7 Å². The van der Waals surface area contributed by atoms with Crippen molar-refractivity contribution in [3.05, 3.63) is 59.3 Å². The van der Waals surface area contributed by atoms with Crippen LogP contribution in [0.25, 0.3) is 16.7 Å². The summed E-state index contributed by atoms with van der Waals surface area (Å²) < 4.78 is 46.4. The number of hydrogen-bond donors (Lipinski definition) is 1. The molecule has 0 saturated heterocycles. The molecule has 10 nitrogen and oxygen atoms in total. The van der Waals surface area contributed by atoms with E-state index < -0.39 is 23.8 Å². The zero-order valence-corrected chi connectivity index (χ0v) is 17.8. The van der Waals surface area contributed by atoms with Crippen molar-refractivity contribution in [3.63, 3.8) is 0 Å². The molecule has 3 heterocycles. The average molecular weight is 479 g/mol. The van der Waals surface area contributed by atoms with Crippen LogP contribution < -0.4 is 5.32 Å². The zero-order valence-electron chi connectivity index (χ0n) is 17.0. The largest absolute Gasteiger partial charge is 0.464 e. The summed E-state index contributed by atoms with van der Waals surface area (Å²) >= 11 is 5.93. The van der Waals surface area contributed by atoms with Crippen LogP contribution in [0.5, 0.6) is 0 Å². The third-order valence-electron chi connectivity index (χ3n) is 4.59. The van der Waals surface area contributed by atoms with Gasteiger partial charge < -0.3 is 10.1 Å². The van der Waals surface area contributed by atoms with Gasteiger partial charge in [0, 0.05) is 16.5 Å². The van der Waals surface area contributed by atoms with Gasteiger partial charge in [0.25, 0.3) is 0 Å². The third-order valence-corrected chi connectivity index (χ3v) is 4.81. The Morgan fingerprint density at radius 1 is 1.09 bits per heavy atom. The Bertz CT molecular complexity index is 1340. The first-order chi connectivity index (χ1) is 15.7. The molecule has 33 heavy (non-hydrogen) atoms. The fraction of sp³-hybridized carbons (Fsp3) is 0.211. The Kier molecular flexibility index (Phi) is 5.80. The van der Waals surface area contributed by atoms with Crippen LogP contribution in [-0.4, -0.2) is 47.8 Å². The quantitative estimate of drug-likeness (QED) is 0.428. The number of esters is 1. The Labute approximate surface area is 188 Å². The number of fused-ring (bicyclic) bond motifs is 1. The van der Waals surface area contributed by atoms with E-state index in [-0.39, 0.29) is 33.3 Å². The van der Waals surface area contributed by atoms with Gasteiger partial charge in [0.05, 0.1) is 24.2 Å². The highest BCUT2D eigenvalue weighted by Crippen LogP contribution is 2.38. The third kappa shape index (κ3) is 4.39. The van der Waals surface area contributed by atoms with E-state index in [1.165, 1.54) is 36.6 Å². The molecule has 0 radical (unpaired) electrons. The smallest absolute Gasteiger partial charge is 0.418 e. The molecule has 1 aromatic carbocycles. The van der Waals surface area contributed by atoms with Gasteiger partial charge in [0.1, 0.15) is 24.8 Å². The summed E-state index contributed by atoms with van der Waals surface area (Å²) in [5.41, 5.74) is -1.25. The van der Waals surface area contributed by atoms with Crippen LogP contribution in [0.1, 0.15) is 34.8 Å². The van der Waals surface area contributed by atoms with Gasteiger partial charge >= 0.3 is 12.1 Å². The van der Waals surface area contributed by atoms with Gasteiger partial charge in [-0.15, -0.1) is 0 Å². The molecule has 0 fully saturated rings. The summed E-state index contributed by atoms with van der Waals surface area (Å²) in [6.45, 7) is 1.70. The highest BCUT2D eigenvalue weighted by Gasteiger charge is 2.34. The molecule has 1 atom stereocenters. The number of benzene rings is 1. The first kappa shape index (κ1) is 22.3. The van der Waals surface area contributed by atoms with Gasteiger partial charge in [0.15, 0.2) is 17.3 Å². The number of nitrogens with one attached hydrogen (secondary N) is 1. The molecule has 3 aromatic heterocycles. The molecule has 4 aromatic rings. The predicted molar refractivity (Wildman–Crippen MR) is 110 cm³/mol. The highest BCUT2D eigenvalue weighted by atomic mass is 35.5. The van der Waals surface area contributed by atoms with Crippen molar-refractivity contribution in [2.45, 2.75) is 19.1 Å². The number of methoxy groups -OCH3 is 1. The molecular formula is C19H14ClF3N8O2. The van der Waals surface area contributed by atoms with E-state index in [4.69, 9.17) is 11.6 Å². The SMILES string of the molecule is COC(=O)c1cc(-n2ncnc2[C@H](C)Nc2ncnc3c(C(F)(F)F)cc(Cl)cc23)ncn1. The molecule has 0 bridgehead atoms. The monoisotopic (exact) mass is 478 g/mol. The molecule has 0 amide bonds. The van der Waals surface area contributed by atoms with Gasteiger partial charge in [0.2, 0.25) is 0 Å². The fourth-order valence-electron chi connectivity index (χ4n) is 3.13. The second-order valence-corrected chi connectivity index (χ2v) is 7.16. The number of ether oxygens (including phenoxy) is 1. The van der Waals surface area contributed by atoms with Crippen molar-refractivity contribution in [2.24, 2.45) is 0 Å². The topological polar surface area (TPSA) is 121 Å². The lowest BCUT2D eigenvalue weighted by Crippen LogP contribution is -2.16. The van der Waals surface area contributed by atoms with Crippen LogP contribution >= 0.6 is 11.6 Å². The molecule has 4 rings (SSSR count). The Balaban J connectivity index is 1.72. The minimum Gasteiger partial charge on any atom is -0.464 e. The number of anilines is 1. The minimum absolute atomic E-state index is 0.0145. The Hall–Kier alpha value is -3.87. The maximum Gasteiger partial charge on any atom is 0.418 e. The number of carbonyl (C=O) groups is 1. The van der Waals surface area contributed by atoms with Crippen LogP contribution in [0.15, 0.2) is 37.2 Å². The molecular weight excluding hydrogens is 465 g/mol. The van der Waals surface area contributed by atoms with Crippen molar-refractivity contribution < 1.29 is 22.7 Å². The first-order valence-electron chi connectivity index (χ1n) is 9.27. The molecule has 14 heteroatoms. The summed E-state index contributed by atoms with van der Waals surface area (Å²) in [4.78, 5) is 31.8. The summed E-state index contributed by atoms with van der Waals surface area (Å²) in [5, 5.41) is 7.11. The van der Waals surface area contributed by atoms with Crippen molar-refractivity contribution in [2.75, 3.05) is 12.4 Å². The van der Waals surface area contributed by atoms with Crippen LogP contribution in [-0.2, 0) is 10.9 Å². The van der Waals surface area contributed by atoms with E-state index in [0.29, 0.717) is 5.82 Å². The van der Waals surface area contributed by atoms with E-state index in [2.05, 4.69) is 40.1 Å².